The minimum Gasteiger partial charge on any atom is -0.366 e. The summed E-state index contributed by atoms with van der Waals surface area (Å²) in [5.74, 6) is -1.16. The van der Waals surface area contributed by atoms with Gasteiger partial charge < -0.3 is 5.73 Å². The predicted octanol–water partition coefficient (Wildman–Crippen LogP) is 4.12. The molecule has 1 amide bonds. The van der Waals surface area contributed by atoms with Crippen molar-refractivity contribution in [3.05, 3.63) is 71.4 Å². The highest BCUT2D eigenvalue weighted by Gasteiger charge is 2.40. The highest BCUT2D eigenvalue weighted by molar-refractivity contribution is 5.92. The predicted molar refractivity (Wildman–Crippen MR) is 120 cm³/mol. The summed E-state index contributed by atoms with van der Waals surface area (Å²) in [6.45, 7) is 1.67. The Kier molecular flexibility index (Phi) is 5.93. The summed E-state index contributed by atoms with van der Waals surface area (Å²) < 4.78 is 28.9. The van der Waals surface area contributed by atoms with Gasteiger partial charge in [-0.2, -0.15) is 0 Å². The van der Waals surface area contributed by atoms with Crippen LogP contribution in [0.25, 0.3) is 11.3 Å². The fourth-order valence-electron chi connectivity index (χ4n) is 5.50. The highest BCUT2D eigenvalue weighted by atomic mass is 19.1. The van der Waals surface area contributed by atoms with E-state index in [1.807, 2.05) is 12.1 Å². The smallest absolute Gasteiger partial charge is 0.248 e. The molecule has 2 saturated heterocycles. The van der Waals surface area contributed by atoms with Crippen LogP contribution < -0.4 is 5.73 Å². The van der Waals surface area contributed by atoms with Crippen molar-refractivity contribution >= 4 is 5.91 Å². The van der Waals surface area contributed by atoms with Crippen LogP contribution in [0.15, 0.2) is 48.7 Å². The zero-order valence-electron chi connectivity index (χ0n) is 18.3. The molecule has 0 saturated carbocycles. The zero-order valence-corrected chi connectivity index (χ0v) is 18.3. The van der Waals surface area contributed by atoms with E-state index in [9.17, 15) is 13.6 Å². The Morgan fingerprint density at radius 3 is 2.58 bits per heavy atom. The van der Waals surface area contributed by atoms with Crippen LogP contribution in [0.5, 0.6) is 0 Å². The van der Waals surface area contributed by atoms with Crippen LogP contribution in [0.3, 0.4) is 0 Å². The van der Waals surface area contributed by atoms with E-state index in [4.69, 9.17) is 5.73 Å². The second-order valence-electron chi connectivity index (χ2n) is 9.13. The molecule has 6 nitrogen and oxygen atoms in total. The number of aromatic nitrogens is 3. The molecule has 0 radical (unpaired) electrons. The summed E-state index contributed by atoms with van der Waals surface area (Å²) >= 11 is 0. The van der Waals surface area contributed by atoms with Gasteiger partial charge in [-0.25, -0.2) is 8.78 Å². The molecule has 3 heterocycles. The third-order valence-electron chi connectivity index (χ3n) is 7.08. The molecule has 0 aliphatic carbocycles. The lowest BCUT2D eigenvalue weighted by Crippen LogP contribution is -2.43. The quantitative estimate of drug-likeness (QED) is 0.586. The van der Waals surface area contributed by atoms with Crippen molar-refractivity contribution in [2.24, 2.45) is 5.73 Å². The number of fused-ring (bicyclic) bond motifs is 2. The van der Waals surface area contributed by atoms with Gasteiger partial charge >= 0.3 is 0 Å². The molecule has 2 fully saturated rings. The zero-order chi connectivity index (χ0) is 22.9. The van der Waals surface area contributed by atoms with Crippen molar-refractivity contribution in [1.29, 1.82) is 0 Å². The molecular formula is C25H27F2N5O. The summed E-state index contributed by atoms with van der Waals surface area (Å²) in [7, 11) is 0. The standard InChI is InChI=1S/C25H27F2N5O/c26-19-5-8-22(23(27)14-19)24-15-31(30-29-24)9-2-10-32-20-6-7-21(32)13-18(12-20)16-3-1-4-17(11-16)25(28)33/h1,3-5,8,11,14-15,18,20-21H,2,6-7,9-10,12-13H2,(H2,28,33)/t18-,20+,21-. The Hall–Kier alpha value is -3.13. The second kappa shape index (κ2) is 9.02. The van der Waals surface area contributed by atoms with Gasteiger partial charge in [0, 0.05) is 42.4 Å². The van der Waals surface area contributed by atoms with E-state index >= 15 is 0 Å². The number of benzene rings is 2. The Morgan fingerprint density at radius 2 is 1.85 bits per heavy atom. The van der Waals surface area contributed by atoms with Gasteiger partial charge in [-0.05, 0) is 67.9 Å². The molecule has 0 unspecified atom stereocenters. The summed E-state index contributed by atoms with van der Waals surface area (Å²) in [5, 5.41) is 8.17. The Labute approximate surface area is 191 Å². The van der Waals surface area contributed by atoms with E-state index in [2.05, 4.69) is 21.3 Å². The largest absolute Gasteiger partial charge is 0.366 e. The van der Waals surface area contributed by atoms with Gasteiger partial charge in [-0.3, -0.25) is 14.4 Å². The molecule has 2 aliphatic rings. The van der Waals surface area contributed by atoms with Crippen LogP contribution in [0.4, 0.5) is 8.78 Å². The van der Waals surface area contributed by atoms with Gasteiger partial charge in [0.1, 0.15) is 17.3 Å². The molecule has 2 aromatic carbocycles. The molecule has 2 bridgehead atoms. The first-order chi connectivity index (χ1) is 16.0. The lowest BCUT2D eigenvalue weighted by atomic mass is 9.84. The van der Waals surface area contributed by atoms with E-state index in [1.54, 1.807) is 16.9 Å². The van der Waals surface area contributed by atoms with Crippen LogP contribution in [0, 0.1) is 11.6 Å². The van der Waals surface area contributed by atoms with E-state index < -0.39 is 11.6 Å². The van der Waals surface area contributed by atoms with E-state index in [0.29, 0.717) is 35.8 Å². The van der Waals surface area contributed by atoms with Crippen molar-refractivity contribution in [1.82, 2.24) is 19.9 Å². The Bertz CT molecular complexity index is 1150. The van der Waals surface area contributed by atoms with Crippen LogP contribution in [0.1, 0.15) is 53.9 Å². The van der Waals surface area contributed by atoms with Crippen molar-refractivity contribution in [3.8, 4) is 11.3 Å². The van der Waals surface area contributed by atoms with Crippen molar-refractivity contribution in [3.63, 3.8) is 0 Å². The second-order valence-corrected chi connectivity index (χ2v) is 9.13. The van der Waals surface area contributed by atoms with Gasteiger partial charge in [0.2, 0.25) is 5.91 Å². The number of aryl methyl sites for hydroxylation is 1. The summed E-state index contributed by atoms with van der Waals surface area (Å²) in [6.07, 6.45) is 7.22. The van der Waals surface area contributed by atoms with Gasteiger partial charge in [-0.15, -0.1) is 5.10 Å². The molecule has 172 valence electrons. The molecule has 5 rings (SSSR count). The first-order valence-electron chi connectivity index (χ1n) is 11.5. The summed E-state index contributed by atoms with van der Waals surface area (Å²) in [4.78, 5) is 14.2. The number of hydrogen-bond donors (Lipinski definition) is 1. The lowest BCUT2D eigenvalue weighted by Gasteiger charge is -2.39. The van der Waals surface area contributed by atoms with E-state index in [-0.39, 0.29) is 11.5 Å². The summed E-state index contributed by atoms with van der Waals surface area (Å²) in [5.41, 5.74) is 7.91. The Morgan fingerprint density at radius 1 is 1.06 bits per heavy atom. The first kappa shape index (κ1) is 21.7. The average molecular weight is 452 g/mol. The van der Waals surface area contributed by atoms with Gasteiger partial charge in [0.25, 0.3) is 0 Å². The summed E-state index contributed by atoms with van der Waals surface area (Å²) in [6, 6.07) is 12.3. The van der Waals surface area contributed by atoms with Gasteiger partial charge in [-0.1, -0.05) is 17.3 Å². The minimum absolute atomic E-state index is 0.253. The molecule has 0 spiro atoms. The maximum Gasteiger partial charge on any atom is 0.248 e. The number of rotatable bonds is 7. The van der Waals surface area contributed by atoms with Crippen molar-refractivity contribution in [2.45, 2.75) is 56.7 Å². The molecule has 2 N–H and O–H groups in total. The van der Waals surface area contributed by atoms with Gasteiger partial charge in [0.05, 0.1) is 6.20 Å². The Balaban J connectivity index is 1.17. The number of carbonyl (C=O) groups is 1. The normalized spacial score (nSPS) is 22.5. The number of nitrogens with two attached hydrogens (primary N) is 1. The maximum absolute atomic E-state index is 14.0. The van der Waals surface area contributed by atoms with Gasteiger partial charge in [0.15, 0.2) is 0 Å². The lowest BCUT2D eigenvalue weighted by molar-refractivity contribution is 0.1000. The maximum atomic E-state index is 14.0. The first-order valence-corrected chi connectivity index (χ1v) is 11.5. The number of carbonyl (C=O) groups excluding carboxylic acids is 1. The number of nitrogens with zero attached hydrogens (tertiary/aromatic N) is 4. The minimum atomic E-state index is -0.636. The topological polar surface area (TPSA) is 77.0 Å². The average Bonchev–Trinajstić information content (AvgIpc) is 3.35. The highest BCUT2D eigenvalue weighted by Crippen LogP contribution is 2.43. The fourth-order valence-corrected chi connectivity index (χ4v) is 5.50. The van der Waals surface area contributed by atoms with Crippen LogP contribution in [-0.4, -0.2) is 44.4 Å². The number of piperidine rings is 1. The molecule has 33 heavy (non-hydrogen) atoms. The molecule has 3 atom stereocenters. The van der Waals surface area contributed by atoms with Crippen LogP contribution in [0.2, 0.25) is 0 Å². The number of primary amides is 1. The van der Waals surface area contributed by atoms with Crippen LogP contribution >= 0.6 is 0 Å². The van der Waals surface area contributed by atoms with E-state index in [0.717, 1.165) is 31.9 Å². The molecule has 1 aromatic heterocycles. The molecule has 8 heteroatoms. The number of amides is 1. The molecule has 3 aromatic rings. The molecular weight excluding hydrogens is 424 g/mol. The SMILES string of the molecule is NC(=O)c1cccc([C@H]2C[C@H]3CC[C@@H](C2)N3CCCn2cc(-c3ccc(F)cc3F)nn2)c1. The van der Waals surface area contributed by atoms with Crippen molar-refractivity contribution < 1.29 is 13.6 Å². The monoisotopic (exact) mass is 451 g/mol. The number of halogens is 2. The van der Waals surface area contributed by atoms with Crippen molar-refractivity contribution in [2.75, 3.05) is 6.54 Å². The molecule has 2 aliphatic heterocycles. The van der Waals surface area contributed by atoms with E-state index in [1.165, 1.54) is 30.5 Å². The fraction of sp³-hybridized carbons (Fsp3) is 0.400. The third kappa shape index (κ3) is 4.53. The van der Waals surface area contributed by atoms with Crippen LogP contribution in [-0.2, 0) is 6.54 Å². The third-order valence-corrected chi connectivity index (χ3v) is 7.08. The number of hydrogen-bond acceptors (Lipinski definition) is 4.